The molecule has 5 heteroatoms. The van der Waals surface area contributed by atoms with E-state index < -0.39 is 0 Å². The van der Waals surface area contributed by atoms with Gasteiger partial charge in [-0.3, -0.25) is 4.79 Å². The molecule has 128 valence electrons. The van der Waals surface area contributed by atoms with Gasteiger partial charge >= 0.3 is 0 Å². The van der Waals surface area contributed by atoms with Crippen molar-refractivity contribution in [2.45, 2.75) is 32.6 Å². The largest absolute Gasteiger partial charge is 0.492 e. The number of likely N-dealkylation sites (tertiary alicyclic amines) is 1. The van der Waals surface area contributed by atoms with Crippen LogP contribution in [0, 0.1) is 5.92 Å². The molecule has 0 unspecified atom stereocenters. The predicted molar refractivity (Wildman–Crippen MR) is 96.7 cm³/mol. The molecule has 0 spiro atoms. The first-order valence-electron chi connectivity index (χ1n) is 8.56. The zero-order chi connectivity index (χ0) is 16.5. The van der Waals surface area contributed by atoms with Crippen LogP contribution in [-0.4, -0.2) is 43.6 Å². The van der Waals surface area contributed by atoms with E-state index in [1.807, 2.05) is 29.2 Å². The fraction of sp³-hybridized carbons (Fsp3) is 0.611. The predicted octanol–water partition coefficient (Wildman–Crippen LogP) is 3.46. The summed E-state index contributed by atoms with van der Waals surface area (Å²) in [7, 11) is 0. The molecule has 1 fully saturated rings. The van der Waals surface area contributed by atoms with Gasteiger partial charge in [0.15, 0.2) is 0 Å². The van der Waals surface area contributed by atoms with E-state index in [0.717, 1.165) is 61.6 Å². The first kappa shape index (κ1) is 18.3. The van der Waals surface area contributed by atoms with Crippen molar-refractivity contribution in [1.82, 2.24) is 10.2 Å². The summed E-state index contributed by atoms with van der Waals surface area (Å²) >= 11 is 3.46. The number of nitrogens with zero attached hydrogens (tertiary/aromatic N) is 1. The van der Waals surface area contributed by atoms with Crippen molar-refractivity contribution in [3.05, 3.63) is 28.7 Å². The van der Waals surface area contributed by atoms with E-state index in [-0.39, 0.29) is 5.91 Å². The third-order valence-electron chi connectivity index (χ3n) is 4.28. The monoisotopic (exact) mass is 382 g/mol. The van der Waals surface area contributed by atoms with Gasteiger partial charge in [-0.25, -0.2) is 0 Å². The van der Waals surface area contributed by atoms with E-state index in [9.17, 15) is 4.79 Å². The Morgan fingerprint density at radius 1 is 1.35 bits per heavy atom. The van der Waals surface area contributed by atoms with Crippen molar-refractivity contribution >= 4 is 21.8 Å². The van der Waals surface area contributed by atoms with Crippen LogP contribution in [0.15, 0.2) is 28.7 Å². The van der Waals surface area contributed by atoms with Crippen LogP contribution in [0.5, 0.6) is 5.75 Å². The van der Waals surface area contributed by atoms with E-state index in [1.165, 1.54) is 0 Å². The molecule has 4 nitrogen and oxygen atoms in total. The molecule has 0 saturated carbocycles. The van der Waals surface area contributed by atoms with Crippen LogP contribution in [0.25, 0.3) is 0 Å². The van der Waals surface area contributed by atoms with E-state index >= 15 is 0 Å². The molecular formula is C18H27BrN2O2. The number of hydrogen-bond acceptors (Lipinski definition) is 3. The summed E-state index contributed by atoms with van der Waals surface area (Å²) in [6.07, 6.45) is 3.57. The van der Waals surface area contributed by atoms with Gasteiger partial charge in [0.2, 0.25) is 5.91 Å². The second-order valence-electron chi connectivity index (χ2n) is 6.01. The molecule has 1 aromatic carbocycles. The van der Waals surface area contributed by atoms with Gasteiger partial charge in [0.1, 0.15) is 5.75 Å². The van der Waals surface area contributed by atoms with Gasteiger partial charge in [0.05, 0.1) is 11.1 Å². The number of para-hydroxylation sites is 1. The van der Waals surface area contributed by atoms with E-state index in [0.29, 0.717) is 13.0 Å². The van der Waals surface area contributed by atoms with E-state index in [4.69, 9.17) is 4.74 Å². The van der Waals surface area contributed by atoms with Crippen molar-refractivity contribution in [2.75, 3.05) is 32.8 Å². The zero-order valence-corrected chi connectivity index (χ0v) is 15.5. The number of carbonyl (C=O) groups is 1. The second-order valence-corrected chi connectivity index (χ2v) is 6.87. The van der Waals surface area contributed by atoms with Crippen molar-refractivity contribution in [1.29, 1.82) is 0 Å². The van der Waals surface area contributed by atoms with Crippen molar-refractivity contribution in [3.63, 3.8) is 0 Å². The minimum Gasteiger partial charge on any atom is -0.492 e. The third-order valence-corrected chi connectivity index (χ3v) is 4.93. The quantitative estimate of drug-likeness (QED) is 0.699. The van der Waals surface area contributed by atoms with Gasteiger partial charge in [0, 0.05) is 19.5 Å². The van der Waals surface area contributed by atoms with E-state index in [1.54, 1.807) is 0 Å². The Morgan fingerprint density at radius 2 is 2.09 bits per heavy atom. The number of piperidine rings is 1. The fourth-order valence-corrected chi connectivity index (χ4v) is 3.26. The van der Waals surface area contributed by atoms with Crippen molar-refractivity contribution < 1.29 is 9.53 Å². The highest BCUT2D eigenvalue weighted by Gasteiger charge is 2.21. The van der Waals surface area contributed by atoms with Crippen LogP contribution in [0.3, 0.4) is 0 Å². The minimum atomic E-state index is 0.266. The minimum absolute atomic E-state index is 0.266. The Labute approximate surface area is 147 Å². The number of hydrogen-bond donors (Lipinski definition) is 1. The number of nitrogens with one attached hydrogen (secondary N) is 1. The Hall–Kier alpha value is -1.07. The maximum atomic E-state index is 12.2. The topological polar surface area (TPSA) is 41.6 Å². The van der Waals surface area contributed by atoms with Crippen LogP contribution >= 0.6 is 15.9 Å². The Kier molecular flexibility index (Phi) is 7.89. The van der Waals surface area contributed by atoms with Gasteiger partial charge in [-0.2, -0.15) is 0 Å². The lowest BCUT2D eigenvalue weighted by atomic mass is 9.96. The SMILES string of the molecule is CCNCC1CCN(C(=O)CCCOc2ccccc2Br)CC1. The molecule has 23 heavy (non-hydrogen) atoms. The molecule has 0 aliphatic carbocycles. The van der Waals surface area contributed by atoms with Gasteiger partial charge in [-0.1, -0.05) is 19.1 Å². The third kappa shape index (κ3) is 6.15. The highest BCUT2D eigenvalue weighted by atomic mass is 79.9. The molecule has 1 saturated heterocycles. The summed E-state index contributed by atoms with van der Waals surface area (Å²) in [5, 5.41) is 3.40. The summed E-state index contributed by atoms with van der Waals surface area (Å²) in [6, 6.07) is 7.79. The van der Waals surface area contributed by atoms with Crippen LogP contribution in [0.4, 0.5) is 0 Å². The molecular weight excluding hydrogens is 356 g/mol. The number of ether oxygens (including phenoxy) is 1. The molecule has 0 atom stereocenters. The maximum absolute atomic E-state index is 12.2. The molecule has 1 aromatic rings. The van der Waals surface area contributed by atoms with Crippen molar-refractivity contribution in [3.8, 4) is 5.75 Å². The lowest BCUT2D eigenvalue weighted by Crippen LogP contribution is -2.40. The molecule has 0 radical (unpaired) electrons. The molecule has 0 aromatic heterocycles. The lowest BCUT2D eigenvalue weighted by Gasteiger charge is -2.32. The summed E-state index contributed by atoms with van der Waals surface area (Å²) in [4.78, 5) is 14.3. The molecule has 2 rings (SSSR count). The van der Waals surface area contributed by atoms with Crippen LogP contribution < -0.4 is 10.1 Å². The average molecular weight is 383 g/mol. The first-order valence-corrected chi connectivity index (χ1v) is 9.35. The van der Waals surface area contributed by atoms with Gasteiger partial charge < -0.3 is 15.0 Å². The molecule has 0 bridgehead atoms. The maximum Gasteiger partial charge on any atom is 0.222 e. The molecule has 1 aliphatic heterocycles. The lowest BCUT2D eigenvalue weighted by molar-refractivity contribution is -0.132. The Balaban J connectivity index is 1.61. The first-order chi connectivity index (χ1) is 11.2. The standard InChI is InChI=1S/C18H27BrN2O2/c1-2-20-14-15-9-11-21(12-10-15)18(22)8-5-13-23-17-7-4-3-6-16(17)19/h3-4,6-7,15,20H,2,5,8-14H2,1H3. The number of halogens is 1. The fourth-order valence-electron chi connectivity index (χ4n) is 2.86. The Bertz CT molecular complexity index is 488. The van der Waals surface area contributed by atoms with Crippen LogP contribution in [0.1, 0.15) is 32.6 Å². The average Bonchev–Trinajstić information content (AvgIpc) is 2.58. The summed E-state index contributed by atoms with van der Waals surface area (Å²) in [5.41, 5.74) is 0. The van der Waals surface area contributed by atoms with E-state index in [2.05, 4.69) is 28.2 Å². The number of carbonyl (C=O) groups excluding carboxylic acids is 1. The van der Waals surface area contributed by atoms with Crippen LogP contribution in [0.2, 0.25) is 0 Å². The molecule has 1 amide bonds. The summed E-state index contributed by atoms with van der Waals surface area (Å²) in [5.74, 6) is 1.82. The molecule has 1 heterocycles. The summed E-state index contributed by atoms with van der Waals surface area (Å²) < 4.78 is 6.66. The van der Waals surface area contributed by atoms with Crippen LogP contribution in [-0.2, 0) is 4.79 Å². The van der Waals surface area contributed by atoms with Gasteiger partial charge in [-0.05, 0) is 66.3 Å². The van der Waals surface area contributed by atoms with Gasteiger partial charge in [-0.15, -0.1) is 0 Å². The second kappa shape index (κ2) is 9.93. The van der Waals surface area contributed by atoms with Gasteiger partial charge in [0.25, 0.3) is 0 Å². The highest BCUT2D eigenvalue weighted by molar-refractivity contribution is 9.10. The zero-order valence-electron chi connectivity index (χ0n) is 13.9. The normalized spacial score (nSPS) is 15.7. The number of benzene rings is 1. The Morgan fingerprint density at radius 3 is 2.78 bits per heavy atom. The number of amides is 1. The summed E-state index contributed by atoms with van der Waals surface area (Å²) in [6.45, 7) is 6.62. The number of rotatable bonds is 8. The molecule has 1 aliphatic rings. The highest BCUT2D eigenvalue weighted by Crippen LogP contribution is 2.24. The molecule has 1 N–H and O–H groups in total. The van der Waals surface area contributed by atoms with Crippen molar-refractivity contribution in [2.24, 2.45) is 5.92 Å². The smallest absolute Gasteiger partial charge is 0.222 e.